The van der Waals surface area contributed by atoms with E-state index in [-0.39, 0.29) is 11.8 Å². The van der Waals surface area contributed by atoms with Crippen molar-refractivity contribution < 1.29 is 4.79 Å². The first kappa shape index (κ1) is 21.6. The van der Waals surface area contributed by atoms with Gasteiger partial charge in [-0.2, -0.15) is 0 Å². The predicted molar refractivity (Wildman–Crippen MR) is 119 cm³/mol. The van der Waals surface area contributed by atoms with Crippen LogP contribution in [-0.2, 0) is 6.42 Å². The molecule has 1 unspecified atom stereocenters. The van der Waals surface area contributed by atoms with Gasteiger partial charge in [-0.1, -0.05) is 43.3 Å². The lowest BCUT2D eigenvalue weighted by molar-refractivity contribution is 0.0827. The number of carbonyl (C=O) groups excluding carboxylic acids is 1. The van der Waals surface area contributed by atoms with Gasteiger partial charge >= 0.3 is 0 Å². The van der Waals surface area contributed by atoms with Gasteiger partial charge in [0.05, 0.1) is 0 Å². The lowest BCUT2D eigenvalue weighted by Gasteiger charge is -2.22. The Balaban J connectivity index is 2.44. The summed E-state index contributed by atoms with van der Waals surface area (Å²) in [5, 5.41) is 0. The third-order valence-corrected chi connectivity index (χ3v) is 5.12. The van der Waals surface area contributed by atoms with Gasteiger partial charge in [-0.05, 0) is 68.0 Å². The molecule has 0 bridgehead atoms. The zero-order chi connectivity index (χ0) is 20.7. The molecule has 2 aromatic rings. The Morgan fingerprint density at radius 2 is 1.79 bits per heavy atom. The van der Waals surface area contributed by atoms with Gasteiger partial charge in [0.25, 0.3) is 5.91 Å². The van der Waals surface area contributed by atoms with Crippen LogP contribution in [0.2, 0.25) is 0 Å². The van der Waals surface area contributed by atoms with Crippen LogP contribution in [0.25, 0.3) is 0 Å². The second-order valence-corrected chi connectivity index (χ2v) is 7.37. The van der Waals surface area contributed by atoms with Crippen molar-refractivity contribution in [3.63, 3.8) is 0 Å². The molecule has 0 aliphatic rings. The average molecular weight is 377 g/mol. The molecule has 0 N–H and O–H groups in total. The summed E-state index contributed by atoms with van der Waals surface area (Å²) in [5.74, 6) is 0.214. The quantitative estimate of drug-likeness (QED) is 0.569. The van der Waals surface area contributed by atoms with Gasteiger partial charge < -0.3 is 4.90 Å². The molecule has 0 saturated carbocycles. The predicted octanol–water partition coefficient (Wildman–Crippen LogP) is 5.72. The molecule has 0 aromatic heterocycles. The molecule has 0 spiro atoms. The first-order valence-corrected chi connectivity index (χ1v) is 9.94. The van der Waals surface area contributed by atoms with Crippen LogP contribution >= 0.6 is 0 Å². The zero-order valence-electron chi connectivity index (χ0n) is 18.0. The molecular weight excluding hydrogens is 344 g/mol. The lowest BCUT2D eigenvalue weighted by atomic mass is 9.85. The molecule has 2 rings (SSSR count). The number of benzene rings is 2. The maximum absolute atomic E-state index is 12.2. The molecule has 0 heterocycles. The molecule has 28 heavy (non-hydrogen) atoms. The van der Waals surface area contributed by atoms with E-state index in [9.17, 15) is 4.79 Å². The molecule has 3 nitrogen and oxygen atoms in total. The second-order valence-electron chi connectivity index (χ2n) is 7.37. The summed E-state index contributed by atoms with van der Waals surface area (Å²) >= 11 is 0. The van der Waals surface area contributed by atoms with Crippen LogP contribution in [0.3, 0.4) is 0 Å². The SMILES string of the molecule is CC=N/C(=C\CC)C(Cc1ccc(C(=O)N(C)C)cc1)c1cccc(C)c1C. The van der Waals surface area contributed by atoms with E-state index in [0.717, 1.165) is 18.5 Å². The van der Waals surface area contributed by atoms with E-state index >= 15 is 0 Å². The van der Waals surface area contributed by atoms with Gasteiger partial charge in [0.15, 0.2) is 0 Å². The van der Waals surface area contributed by atoms with Gasteiger partial charge in [-0.15, -0.1) is 0 Å². The summed E-state index contributed by atoms with van der Waals surface area (Å²) in [7, 11) is 3.55. The fourth-order valence-electron chi connectivity index (χ4n) is 3.45. The van der Waals surface area contributed by atoms with E-state index in [2.05, 4.69) is 57.2 Å². The van der Waals surface area contributed by atoms with Crippen LogP contribution in [0.1, 0.15) is 58.8 Å². The van der Waals surface area contributed by atoms with E-state index in [1.165, 1.54) is 22.3 Å². The van der Waals surface area contributed by atoms with Crippen molar-refractivity contribution in [1.82, 2.24) is 4.90 Å². The van der Waals surface area contributed by atoms with Crippen LogP contribution in [0, 0.1) is 13.8 Å². The number of aliphatic imine (C=N–C) groups is 1. The fourth-order valence-corrected chi connectivity index (χ4v) is 3.45. The Bertz CT molecular complexity index is 861. The Hall–Kier alpha value is -2.68. The van der Waals surface area contributed by atoms with Gasteiger partial charge in [-0.3, -0.25) is 9.79 Å². The summed E-state index contributed by atoms with van der Waals surface area (Å²) in [5.41, 5.74) is 6.96. The zero-order valence-corrected chi connectivity index (χ0v) is 18.0. The number of nitrogens with zero attached hydrogens (tertiary/aromatic N) is 2. The summed E-state index contributed by atoms with van der Waals surface area (Å²) in [4.78, 5) is 18.5. The topological polar surface area (TPSA) is 32.7 Å². The molecule has 0 aliphatic carbocycles. The Kier molecular flexibility index (Phi) is 7.74. The van der Waals surface area contributed by atoms with E-state index in [4.69, 9.17) is 4.99 Å². The van der Waals surface area contributed by atoms with Crippen LogP contribution in [0.5, 0.6) is 0 Å². The van der Waals surface area contributed by atoms with E-state index in [1.807, 2.05) is 25.3 Å². The van der Waals surface area contributed by atoms with E-state index < -0.39 is 0 Å². The van der Waals surface area contributed by atoms with Crippen molar-refractivity contribution in [1.29, 1.82) is 0 Å². The number of carbonyl (C=O) groups is 1. The molecular formula is C25H32N2O. The molecule has 0 fully saturated rings. The minimum Gasteiger partial charge on any atom is -0.345 e. The maximum atomic E-state index is 12.2. The van der Waals surface area contributed by atoms with Gasteiger partial charge in [-0.25, -0.2) is 0 Å². The first-order valence-electron chi connectivity index (χ1n) is 9.94. The van der Waals surface area contributed by atoms with Gasteiger partial charge in [0, 0.05) is 37.5 Å². The van der Waals surface area contributed by atoms with Crippen LogP contribution in [0.4, 0.5) is 0 Å². The van der Waals surface area contributed by atoms with Crippen molar-refractivity contribution in [2.75, 3.05) is 14.1 Å². The summed E-state index contributed by atoms with van der Waals surface area (Å²) in [6.07, 6.45) is 5.89. The van der Waals surface area contributed by atoms with Crippen molar-refractivity contribution in [3.05, 3.63) is 82.1 Å². The average Bonchev–Trinajstić information content (AvgIpc) is 2.68. The maximum Gasteiger partial charge on any atom is 0.253 e. The number of aryl methyl sites for hydroxylation is 1. The summed E-state index contributed by atoms with van der Waals surface area (Å²) in [6, 6.07) is 14.5. The van der Waals surface area contributed by atoms with Crippen molar-refractivity contribution in [2.24, 2.45) is 4.99 Å². The monoisotopic (exact) mass is 376 g/mol. The van der Waals surface area contributed by atoms with Gasteiger partial charge in [0.1, 0.15) is 0 Å². The lowest BCUT2D eigenvalue weighted by Crippen LogP contribution is -2.21. The van der Waals surface area contributed by atoms with Crippen molar-refractivity contribution in [3.8, 4) is 0 Å². The van der Waals surface area contributed by atoms with Gasteiger partial charge in [0.2, 0.25) is 0 Å². The van der Waals surface area contributed by atoms with Crippen molar-refractivity contribution >= 4 is 12.1 Å². The Morgan fingerprint density at radius 1 is 1.11 bits per heavy atom. The highest BCUT2D eigenvalue weighted by atomic mass is 16.2. The molecule has 1 amide bonds. The molecule has 2 aromatic carbocycles. The van der Waals surface area contributed by atoms with E-state index in [0.29, 0.717) is 5.56 Å². The summed E-state index contributed by atoms with van der Waals surface area (Å²) in [6.45, 7) is 8.46. The highest BCUT2D eigenvalue weighted by Crippen LogP contribution is 2.33. The van der Waals surface area contributed by atoms with Crippen LogP contribution in [-0.4, -0.2) is 31.1 Å². The molecule has 148 valence electrons. The first-order chi connectivity index (χ1) is 13.4. The molecule has 1 atom stereocenters. The molecule has 0 saturated heterocycles. The molecule has 3 heteroatoms. The van der Waals surface area contributed by atoms with Crippen molar-refractivity contribution in [2.45, 2.75) is 46.5 Å². The van der Waals surface area contributed by atoms with Crippen LogP contribution in [0.15, 0.2) is 59.2 Å². The number of hydrogen-bond donors (Lipinski definition) is 0. The standard InChI is InChI=1S/C25H32N2O/c1-7-10-24(26-8-2)23(22-12-9-11-18(3)19(22)4)17-20-13-15-21(16-14-20)25(28)27(5)6/h8-16,23H,7,17H2,1-6H3/b24-10-,26-8?. The molecule has 0 aliphatic heterocycles. The minimum atomic E-state index is 0.0276. The third-order valence-electron chi connectivity index (χ3n) is 5.12. The number of hydrogen-bond acceptors (Lipinski definition) is 2. The highest BCUT2D eigenvalue weighted by molar-refractivity contribution is 5.93. The fraction of sp³-hybridized carbons (Fsp3) is 0.360. The highest BCUT2D eigenvalue weighted by Gasteiger charge is 2.20. The number of rotatable bonds is 7. The molecule has 0 radical (unpaired) electrons. The second kappa shape index (κ2) is 10.0. The minimum absolute atomic E-state index is 0.0276. The Labute approximate surface area is 169 Å². The van der Waals surface area contributed by atoms with Crippen LogP contribution < -0.4 is 0 Å². The largest absolute Gasteiger partial charge is 0.345 e. The summed E-state index contributed by atoms with van der Waals surface area (Å²) < 4.78 is 0. The Morgan fingerprint density at radius 3 is 2.36 bits per heavy atom. The van der Waals surface area contributed by atoms with E-state index in [1.54, 1.807) is 19.0 Å². The third kappa shape index (κ3) is 5.19. The smallest absolute Gasteiger partial charge is 0.253 e. The normalized spacial score (nSPS) is 13.0. The number of amides is 1. The number of allylic oxidation sites excluding steroid dienone is 2.